The summed E-state index contributed by atoms with van der Waals surface area (Å²) in [6, 6.07) is 11.9. The van der Waals surface area contributed by atoms with Crippen molar-refractivity contribution in [3.8, 4) is 5.75 Å². The third kappa shape index (κ3) is 6.09. The van der Waals surface area contributed by atoms with Crippen molar-refractivity contribution >= 4 is 17.6 Å². The number of methoxy groups -OCH3 is 2. The highest BCUT2D eigenvalue weighted by atomic mass is 16.5. The number of carboxylic acid groups (broad SMARTS) is 1. The number of anilines is 1. The van der Waals surface area contributed by atoms with Crippen molar-refractivity contribution in [3.63, 3.8) is 0 Å². The molecule has 0 bridgehead atoms. The number of amides is 1. The molecule has 7 heteroatoms. The molecule has 0 aliphatic rings. The van der Waals surface area contributed by atoms with E-state index < -0.39 is 12.1 Å². The topological polar surface area (TPSA) is 94.1 Å². The molecular formula is C20H23NO6. The van der Waals surface area contributed by atoms with Crippen molar-refractivity contribution in [2.75, 3.05) is 19.5 Å². The third-order valence-electron chi connectivity index (χ3n) is 3.82. The second-order valence-electron chi connectivity index (χ2n) is 5.95. The van der Waals surface area contributed by atoms with E-state index >= 15 is 0 Å². The maximum absolute atomic E-state index is 12.4. The van der Waals surface area contributed by atoms with Crippen molar-refractivity contribution in [1.29, 1.82) is 0 Å². The number of rotatable bonds is 9. The summed E-state index contributed by atoms with van der Waals surface area (Å²) in [5.74, 6) is -0.737. The van der Waals surface area contributed by atoms with Gasteiger partial charge in [0.05, 0.1) is 25.9 Å². The van der Waals surface area contributed by atoms with E-state index in [1.54, 1.807) is 20.1 Å². The zero-order valence-corrected chi connectivity index (χ0v) is 15.5. The lowest BCUT2D eigenvalue weighted by Crippen LogP contribution is -2.27. The van der Waals surface area contributed by atoms with Crippen LogP contribution in [0.4, 0.5) is 5.69 Å². The van der Waals surface area contributed by atoms with Crippen molar-refractivity contribution in [2.24, 2.45) is 0 Å². The Kier molecular flexibility index (Phi) is 7.34. The number of hydrogen-bond acceptors (Lipinski definition) is 5. The molecule has 0 heterocycles. The molecule has 1 amide bonds. The second kappa shape index (κ2) is 9.70. The first-order valence-electron chi connectivity index (χ1n) is 8.34. The van der Waals surface area contributed by atoms with Crippen LogP contribution in [0.25, 0.3) is 0 Å². The standard InChI is InChI=1S/C20H23NO6/c1-13(27-12-14-5-4-6-18(9-14)26-3)19(22)21-17-8-15(11-25-2)7-16(10-17)20(23)24/h4-10,13H,11-12H2,1-3H3,(H,21,22)(H,23,24). The number of carbonyl (C=O) groups excluding carboxylic acids is 1. The Morgan fingerprint density at radius 2 is 1.85 bits per heavy atom. The monoisotopic (exact) mass is 373 g/mol. The SMILES string of the molecule is COCc1cc(NC(=O)C(C)OCc2cccc(OC)c2)cc(C(=O)O)c1. The first-order chi connectivity index (χ1) is 12.9. The summed E-state index contributed by atoms with van der Waals surface area (Å²) in [6.45, 7) is 2.12. The molecular weight excluding hydrogens is 350 g/mol. The Labute approximate surface area is 157 Å². The maximum atomic E-state index is 12.4. The summed E-state index contributed by atoms with van der Waals surface area (Å²) in [7, 11) is 3.10. The average Bonchev–Trinajstić information content (AvgIpc) is 2.66. The summed E-state index contributed by atoms with van der Waals surface area (Å²) in [5, 5.41) is 11.9. The molecule has 27 heavy (non-hydrogen) atoms. The van der Waals surface area contributed by atoms with Gasteiger partial charge in [0.15, 0.2) is 0 Å². The lowest BCUT2D eigenvalue weighted by Gasteiger charge is -2.15. The first kappa shape index (κ1) is 20.4. The van der Waals surface area contributed by atoms with Gasteiger partial charge in [-0.05, 0) is 48.4 Å². The molecule has 2 rings (SSSR count). The van der Waals surface area contributed by atoms with Gasteiger partial charge in [-0.2, -0.15) is 0 Å². The minimum Gasteiger partial charge on any atom is -0.497 e. The lowest BCUT2D eigenvalue weighted by molar-refractivity contribution is -0.127. The van der Waals surface area contributed by atoms with Crippen LogP contribution >= 0.6 is 0 Å². The third-order valence-corrected chi connectivity index (χ3v) is 3.82. The van der Waals surface area contributed by atoms with Gasteiger partial charge >= 0.3 is 5.97 Å². The van der Waals surface area contributed by atoms with E-state index in [2.05, 4.69) is 5.32 Å². The molecule has 1 unspecified atom stereocenters. The average molecular weight is 373 g/mol. The molecule has 2 aromatic carbocycles. The number of carbonyl (C=O) groups is 2. The minimum absolute atomic E-state index is 0.0739. The van der Waals surface area contributed by atoms with Gasteiger partial charge in [-0.3, -0.25) is 4.79 Å². The van der Waals surface area contributed by atoms with Gasteiger partial charge in [0.2, 0.25) is 0 Å². The van der Waals surface area contributed by atoms with Crippen LogP contribution in [0, 0.1) is 0 Å². The van der Waals surface area contributed by atoms with Crippen LogP contribution < -0.4 is 10.1 Å². The first-order valence-corrected chi connectivity index (χ1v) is 8.34. The number of aromatic carboxylic acids is 1. The van der Waals surface area contributed by atoms with E-state index in [1.807, 2.05) is 24.3 Å². The summed E-state index contributed by atoms with van der Waals surface area (Å²) in [4.78, 5) is 23.6. The Bertz CT molecular complexity index is 805. The Balaban J connectivity index is 2.01. The quantitative estimate of drug-likeness (QED) is 0.701. The normalized spacial score (nSPS) is 11.7. The van der Waals surface area contributed by atoms with Crippen molar-refractivity contribution in [3.05, 3.63) is 59.2 Å². The molecule has 0 saturated heterocycles. The van der Waals surface area contributed by atoms with Crippen LogP contribution in [0.2, 0.25) is 0 Å². The second-order valence-corrected chi connectivity index (χ2v) is 5.95. The fraction of sp³-hybridized carbons (Fsp3) is 0.300. The fourth-order valence-corrected chi connectivity index (χ4v) is 2.44. The van der Waals surface area contributed by atoms with Crippen LogP contribution in [-0.2, 0) is 27.5 Å². The van der Waals surface area contributed by atoms with E-state index in [4.69, 9.17) is 14.2 Å². The number of benzene rings is 2. The molecule has 1 atom stereocenters. The van der Waals surface area contributed by atoms with Crippen molar-refractivity contribution in [1.82, 2.24) is 0 Å². The van der Waals surface area contributed by atoms with E-state index in [1.165, 1.54) is 19.2 Å². The molecule has 0 aliphatic carbocycles. The van der Waals surface area contributed by atoms with Gasteiger partial charge < -0.3 is 24.6 Å². The highest BCUT2D eigenvalue weighted by Crippen LogP contribution is 2.18. The van der Waals surface area contributed by atoms with Gasteiger partial charge in [0.1, 0.15) is 11.9 Å². The Morgan fingerprint density at radius 3 is 2.52 bits per heavy atom. The highest BCUT2D eigenvalue weighted by molar-refractivity contribution is 5.96. The molecule has 7 nitrogen and oxygen atoms in total. The van der Waals surface area contributed by atoms with E-state index in [9.17, 15) is 14.7 Å². The zero-order chi connectivity index (χ0) is 19.8. The number of nitrogens with one attached hydrogen (secondary N) is 1. The van der Waals surface area contributed by atoms with Gasteiger partial charge in [-0.15, -0.1) is 0 Å². The number of hydrogen-bond donors (Lipinski definition) is 2. The van der Waals surface area contributed by atoms with Gasteiger partial charge in [-0.25, -0.2) is 4.79 Å². The molecule has 144 valence electrons. The molecule has 2 aromatic rings. The smallest absolute Gasteiger partial charge is 0.335 e. The van der Waals surface area contributed by atoms with E-state index in [0.717, 1.165) is 5.56 Å². The molecule has 0 aliphatic heterocycles. The van der Waals surface area contributed by atoms with Crippen LogP contribution in [-0.4, -0.2) is 37.3 Å². The summed E-state index contributed by atoms with van der Waals surface area (Å²) >= 11 is 0. The largest absolute Gasteiger partial charge is 0.497 e. The highest BCUT2D eigenvalue weighted by Gasteiger charge is 2.15. The van der Waals surface area contributed by atoms with Gasteiger partial charge in [0, 0.05) is 12.8 Å². The molecule has 2 N–H and O–H groups in total. The zero-order valence-electron chi connectivity index (χ0n) is 15.5. The summed E-state index contributed by atoms with van der Waals surface area (Å²) in [5.41, 5.74) is 1.98. The van der Waals surface area contributed by atoms with Crippen LogP contribution in [0.15, 0.2) is 42.5 Å². The molecule has 0 aromatic heterocycles. The van der Waals surface area contributed by atoms with Gasteiger partial charge in [-0.1, -0.05) is 12.1 Å². The molecule has 0 spiro atoms. The predicted octanol–water partition coefficient (Wildman–Crippen LogP) is 3.08. The van der Waals surface area contributed by atoms with E-state index in [-0.39, 0.29) is 24.7 Å². The Morgan fingerprint density at radius 1 is 1.07 bits per heavy atom. The van der Waals surface area contributed by atoms with Crippen molar-refractivity contribution < 1.29 is 28.9 Å². The summed E-state index contributed by atoms with van der Waals surface area (Å²) < 4.78 is 15.8. The Hall–Kier alpha value is -2.90. The summed E-state index contributed by atoms with van der Waals surface area (Å²) in [6.07, 6.45) is -0.726. The van der Waals surface area contributed by atoms with Crippen LogP contribution in [0.5, 0.6) is 5.75 Å². The molecule has 0 radical (unpaired) electrons. The lowest BCUT2D eigenvalue weighted by atomic mass is 10.1. The fourth-order valence-electron chi connectivity index (χ4n) is 2.44. The van der Waals surface area contributed by atoms with Crippen LogP contribution in [0.1, 0.15) is 28.4 Å². The molecule has 0 fully saturated rings. The predicted molar refractivity (Wildman–Crippen MR) is 100.0 cm³/mol. The number of ether oxygens (including phenoxy) is 3. The van der Waals surface area contributed by atoms with Crippen LogP contribution in [0.3, 0.4) is 0 Å². The minimum atomic E-state index is -1.08. The number of carboxylic acids is 1. The van der Waals surface area contributed by atoms with E-state index in [0.29, 0.717) is 17.0 Å². The van der Waals surface area contributed by atoms with Gasteiger partial charge in [0.25, 0.3) is 5.91 Å². The molecule has 0 saturated carbocycles. The van der Waals surface area contributed by atoms with Crippen molar-refractivity contribution in [2.45, 2.75) is 26.2 Å². The maximum Gasteiger partial charge on any atom is 0.335 e.